The van der Waals surface area contributed by atoms with E-state index in [9.17, 15) is 14.0 Å². The third-order valence-electron chi connectivity index (χ3n) is 3.09. The molecule has 25 heavy (non-hydrogen) atoms. The maximum absolute atomic E-state index is 12.7. The zero-order chi connectivity index (χ0) is 17.9. The van der Waals surface area contributed by atoms with E-state index in [0.717, 1.165) is 10.6 Å². The number of nitrogens with one attached hydrogen (secondary N) is 2. The van der Waals surface area contributed by atoms with Crippen molar-refractivity contribution in [1.82, 2.24) is 10.9 Å². The lowest BCUT2D eigenvalue weighted by atomic mass is 10.3. The molecule has 0 aliphatic carbocycles. The third kappa shape index (κ3) is 7.71. The minimum absolute atomic E-state index is 0.260. The molecule has 2 amide bonds. The summed E-state index contributed by atoms with van der Waals surface area (Å²) in [5, 5.41) is 0. The first-order chi connectivity index (χ1) is 12.1. The molecule has 0 fully saturated rings. The van der Waals surface area contributed by atoms with Gasteiger partial charge < -0.3 is 4.74 Å². The Morgan fingerprint density at radius 1 is 0.960 bits per heavy atom. The fraction of sp³-hybridized carbons (Fsp3) is 0.222. The van der Waals surface area contributed by atoms with Crippen molar-refractivity contribution in [1.29, 1.82) is 0 Å². The van der Waals surface area contributed by atoms with E-state index in [1.807, 2.05) is 30.3 Å². The van der Waals surface area contributed by atoms with Crippen LogP contribution in [0.1, 0.15) is 12.8 Å². The van der Waals surface area contributed by atoms with Gasteiger partial charge in [-0.25, -0.2) is 4.39 Å². The van der Waals surface area contributed by atoms with Gasteiger partial charge in [-0.2, -0.15) is 0 Å². The summed E-state index contributed by atoms with van der Waals surface area (Å²) in [4.78, 5) is 24.4. The second-order valence-electron chi connectivity index (χ2n) is 5.10. The van der Waals surface area contributed by atoms with Crippen molar-refractivity contribution in [3.05, 3.63) is 60.4 Å². The Hall–Kier alpha value is -2.54. The zero-order valence-electron chi connectivity index (χ0n) is 13.5. The number of hydrazine groups is 1. The minimum Gasteiger partial charge on any atom is -0.484 e. The number of thioether (sulfide) groups is 1. The molecule has 0 radical (unpaired) electrons. The summed E-state index contributed by atoms with van der Waals surface area (Å²) >= 11 is 1.68. The van der Waals surface area contributed by atoms with E-state index >= 15 is 0 Å². The van der Waals surface area contributed by atoms with Crippen molar-refractivity contribution in [3.63, 3.8) is 0 Å². The van der Waals surface area contributed by atoms with Crippen LogP contribution in [0.2, 0.25) is 0 Å². The van der Waals surface area contributed by atoms with Crippen molar-refractivity contribution in [2.45, 2.75) is 17.7 Å². The molecule has 0 saturated heterocycles. The van der Waals surface area contributed by atoms with Gasteiger partial charge in [-0.1, -0.05) is 18.2 Å². The summed E-state index contributed by atoms with van der Waals surface area (Å²) in [5.41, 5.74) is 4.62. The SMILES string of the molecule is O=C(CCCSc1ccccc1)NNC(=O)COc1ccc(F)cc1. The summed E-state index contributed by atoms with van der Waals surface area (Å²) in [6, 6.07) is 15.3. The average molecular weight is 362 g/mol. The largest absolute Gasteiger partial charge is 0.484 e. The second kappa shape index (κ2) is 10.4. The Bertz CT molecular complexity index is 680. The Morgan fingerprint density at radius 3 is 2.36 bits per heavy atom. The number of hydrogen-bond acceptors (Lipinski definition) is 4. The van der Waals surface area contributed by atoms with Gasteiger partial charge >= 0.3 is 0 Å². The molecule has 2 rings (SSSR count). The number of benzene rings is 2. The van der Waals surface area contributed by atoms with Crippen LogP contribution in [0.15, 0.2) is 59.5 Å². The predicted molar refractivity (Wildman–Crippen MR) is 94.6 cm³/mol. The number of ether oxygens (including phenoxy) is 1. The zero-order valence-corrected chi connectivity index (χ0v) is 14.4. The van der Waals surface area contributed by atoms with Crippen LogP contribution in [0, 0.1) is 5.82 Å². The second-order valence-corrected chi connectivity index (χ2v) is 6.27. The minimum atomic E-state index is -0.490. The van der Waals surface area contributed by atoms with E-state index < -0.39 is 5.91 Å². The molecule has 0 bridgehead atoms. The first kappa shape index (κ1) is 18.8. The Balaban J connectivity index is 1.54. The lowest BCUT2D eigenvalue weighted by Crippen LogP contribution is -2.43. The average Bonchev–Trinajstić information content (AvgIpc) is 2.64. The lowest BCUT2D eigenvalue weighted by Gasteiger charge is -2.08. The number of halogens is 1. The number of carbonyl (C=O) groups is 2. The standard InChI is InChI=1S/C18H19FN2O3S/c19-14-8-10-15(11-9-14)24-13-18(23)21-20-17(22)7-4-12-25-16-5-2-1-3-6-16/h1-3,5-6,8-11H,4,7,12-13H2,(H,20,22)(H,21,23). The van der Waals surface area contributed by atoms with Crippen molar-refractivity contribution >= 4 is 23.6 Å². The van der Waals surface area contributed by atoms with Gasteiger partial charge in [0, 0.05) is 11.3 Å². The monoisotopic (exact) mass is 362 g/mol. The van der Waals surface area contributed by atoms with Gasteiger partial charge in [0.05, 0.1) is 0 Å². The fourth-order valence-corrected chi connectivity index (χ4v) is 2.73. The smallest absolute Gasteiger partial charge is 0.276 e. The molecule has 2 N–H and O–H groups in total. The molecule has 0 heterocycles. The molecule has 2 aromatic rings. The molecule has 0 spiro atoms. The molecule has 5 nitrogen and oxygen atoms in total. The molecule has 0 aromatic heterocycles. The van der Waals surface area contributed by atoms with Crippen molar-refractivity contribution < 1.29 is 18.7 Å². The van der Waals surface area contributed by atoms with Crippen LogP contribution in [-0.2, 0) is 9.59 Å². The van der Waals surface area contributed by atoms with Crippen LogP contribution in [0.4, 0.5) is 4.39 Å². The van der Waals surface area contributed by atoms with E-state index in [1.165, 1.54) is 24.3 Å². The van der Waals surface area contributed by atoms with Crippen LogP contribution < -0.4 is 15.6 Å². The summed E-state index contributed by atoms with van der Waals surface area (Å²) in [5.74, 6) is 0.0643. The van der Waals surface area contributed by atoms with Crippen LogP contribution in [-0.4, -0.2) is 24.2 Å². The number of rotatable bonds is 8. The summed E-state index contributed by atoms with van der Waals surface area (Å²) < 4.78 is 17.9. The van der Waals surface area contributed by atoms with Crippen LogP contribution >= 0.6 is 11.8 Å². The van der Waals surface area contributed by atoms with Gasteiger partial charge in [0.1, 0.15) is 11.6 Å². The highest BCUT2D eigenvalue weighted by Gasteiger charge is 2.06. The quantitative estimate of drug-likeness (QED) is 0.430. The summed E-state index contributed by atoms with van der Waals surface area (Å²) in [7, 11) is 0. The number of amides is 2. The molecular formula is C18H19FN2O3S. The van der Waals surface area contributed by atoms with Gasteiger partial charge in [0.2, 0.25) is 5.91 Å². The van der Waals surface area contributed by atoms with Gasteiger partial charge in [-0.05, 0) is 48.6 Å². The van der Waals surface area contributed by atoms with Crippen LogP contribution in [0.3, 0.4) is 0 Å². The molecule has 2 aromatic carbocycles. The molecule has 132 valence electrons. The van der Waals surface area contributed by atoms with E-state index in [2.05, 4.69) is 10.9 Å². The van der Waals surface area contributed by atoms with E-state index in [4.69, 9.17) is 4.74 Å². The first-order valence-corrected chi connectivity index (χ1v) is 8.76. The molecule has 0 aliphatic rings. The molecule has 0 unspecified atom stereocenters. The maximum atomic E-state index is 12.7. The lowest BCUT2D eigenvalue weighted by molar-refractivity contribution is -0.130. The topological polar surface area (TPSA) is 67.4 Å². The van der Waals surface area contributed by atoms with Gasteiger partial charge in [-0.3, -0.25) is 20.4 Å². The number of carbonyl (C=O) groups excluding carboxylic acids is 2. The Kier molecular flexibility index (Phi) is 7.78. The van der Waals surface area contributed by atoms with E-state index in [1.54, 1.807) is 11.8 Å². The van der Waals surface area contributed by atoms with Gasteiger partial charge in [-0.15, -0.1) is 11.8 Å². The van der Waals surface area contributed by atoms with Crippen molar-refractivity contribution in [2.24, 2.45) is 0 Å². The first-order valence-electron chi connectivity index (χ1n) is 7.77. The van der Waals surface area contributed by atoms with E-state index in [0.29, 0.717) is 18.6 Å². The van der Waals surface area contributed by atoms with Crippen molar-refractivity contribution in [3.8, 4) is 5.75 Å². The van der Waals surface area contributed by atoms with Crippen LogP contribution in [0.5, 0.6) is 5.75 Å². The number of hydrogen-bond donors (Lipinski definition) is 2. The molecule has 0 aliphatic heterocycles. The highest BCUT2D eigenvalue weighted by atomic mass is 32.2. The summed E-state index contributed by atoms with van der Waals surface area (Å²) in [6.07, 6.45) is 1.02. The Labute approximate surface area is 149 Å². The fourth-order valence-electron chi connectivity index (χ4n) is 1.86. The molecule has 0 atom stereocenters. The molecule has 7 heteroatoms. The molecular weight excluding hydrogens is 343 g/mol. The highest BCUT2D eigenvalue weighted by Crippen LogP contribution is 2.18. The third-order valence-corrected chi connectivity index (χ3v) is 4.18. The predicted octanol–water partition coefficient (Wildman–Crippen LogP) is 2.92. The van der Waals surface area contributed by atoms with E-state index in [-0.39, 0.29) is 18.3 Å². The molecule has 0 saturated carbocycles. The Morgan fingerprint density at radius 2 is 1.64 bits per heavy atom. The highest BCUT2D eigenvalue weighted by molar-refractivity contribution is 7.99. The van der Waals surface area contributed by atoms with Gasteiger partial charge in [0.15, 0.2) is 6.61 Å². The summed E-state index contributed by atoms with van der Waals surface area (Å²) in [6.45, 7) is -0.268. The van der Waals surface area contributed by atoms with Gasteiger partial charge in [0.25, 0.3) is 5.91 Å². The maximum Gasteiger partial charge on any atom is 0.276 e. The van der Waals surface area contributed by atoms with Crippen LogP contribution in [0.25, 0.3) is 0 Å². The normalized spacial score (nSPS) is 10.1. The van der Waals surface area contributed by atoms with Crippen molar-refractivity contribution in [2.75, 3.05) is 12.4 Å².